The molecular weight excluding hydrogens is 208 g/mol. The first-order chi connectivity index (χ1) is 7.66. The standard InChI is InChI=1S/C12H20O4/c1-9(13)10-5-3-4-6-11(10)12(14)16-8-7-15-2/h10-11H,3-8H2,1-2H3. The van der Waals surface area contributed by atoms with Crippen molar-refractivity contribution >= 4 is 11.8 Å². The summed E-state index contributed by atoms with van der Waals surface area (Å²) >= 11 is 0. The normalized spacial score (nSPS) is 25.1. The van der Waals surface area contributed by atoms with Gasteiger partial charge in [-0.15, -0.1) is 0 Å². The number of hydrogen-bond acceptors (Lipinski definition) is 4. The quantitative estimate of drug-likeness (QED) is 0.529. The summed E-state index contributed by atoms with van der Waals surface area (Å²) in [7, 11) is 1.56. The van der Waals surface area contributed by atoms with Gasteiger partial charge in [0.1, 0.15) is 12.4 Å². The minimum Gasteiger partial charge on any atom is -0.463 e. The second-order valence-corrected chi connectivity index (χ2v) is 4.27. The maximum atomic E-state index is 11.8. The first kappa shape index (κ1) is 13.2. The molecule has 92 valence electrons. The van der Waals surface area contributed by atoms with Gasteiger partial charge in [-0.05, 0) is 19.8 Å². The van der Waals surface area contributed by atoms with E-state index in [1.54, 1.807) is 14.0 Å². The first-order valence-corrected chi connectivity index (χ1v) is 5.83. The lowest BCUT2D eigenvalue weighted by molar-refractivity contribution is -0.155. The molecule has 0 heterocycles. The van der Waals surface area contributed by atoms with Crippen LogP contribution >= 0.6 is 0 Å². The van der Waals surface area contributed by atoms with Gasteiger partial charge in [0.25, 0.3) is 0 Å². The second-order valence-electron chi connectivity index (χ2n) is 4.27. The lowest BCUT2D eigenvalue weighted by Crippen LogP contribution is -2.33. The van der Waals surface area contributed by atoms with Crippen molar-refractivity contribution in [1.29, 1.82) is 0 Å². The highest BCUT2D eigenvalue weighted by Crippen LogP contribution is 2.31. The van der Waals surface area contributed by atoms with Gasteiger partial charge in [-0.25, -0.2) is 0 Å². The molecule has 16 heavy (non-hydrogen) atoms. The van der Waals surface area contributed by atoms with Crippen molar-refractivity contribution in [3.8, 4) is 0 Å². The van der Waals surface area contributed by atoms with Crippen molar-refractivity contribution in [2.24, 2.45) is 11.8 Å². The van der Waals surface area contributed by atoms with Crippen molar-refractivity contribution in [2.45, 2.75) is 32.6 Å². The van der Waals surface area contributed by atoms with E-state index in [4.69, 9.17) is 9.47 Å². The van der Waals surface area contributed by atoms with Gasteiger partial charge >= 0.3 is 5.97 Å². The Hall–Kier alpha value is -0.900. The molecule has 2 unspecified atom stereocenters. The van der Waals surface area contributed by atoms with Gasteiger partial charge in [0.05, 0.1) is 12.5 Å². The number of ether oxygens (including phenoxy) is 2. The molecular formula is C12H20O4. The summed E-state index contributed by atoms with van der Waals surface area (Å²) in [5, 5.41) is 0. The number of hydrogen-bond donors (Lipinski definition) is 0. The van der Waals surface area contributed by atoms with Crippen molar-refractivity contribution in [1.82, 2.24) is 0 Å². The molecule has 4 nitrogen and oxygen atoms in total. The topological polar surface area (TPSA) is 52.6 Å². The summed E-state index contributed by atoms with van der Waals surface area (Å²) in [4.78, 5) is 23.2. The highest BCUT2D eigenvalue weighted by atomic mass is 16.6. The van der Waals surface area contributed by atoms with Gasteiger partial charge in [-0.3, -0.25) is 9.59 Å². The maximum Gasteiger partial charge on any atom is 0.309 e. The third kappa shape index (κ3) is 3.59. The number of methoxy groups -OCH3 is 1. The minimum absolute atomic E-state index is 0.105. The van der Waals surface area contributed by atoms with Crippen molar-refractivity contribution in [3.63, 3.8) is 0 Å². The van der Waals surface area contributed by atoms with Crippen molar-refractivity contribution in [2.75, 3.05) is 20.3 Å². The number of rotatable bonds is 5. The summed E-state index contributed by atoms with van der Waals surface area (Å²) in [5.41, 5.74) is 0. The molecule has 1 fully saturated rings. The SMILES string of the molecule is COCCOC(=O)C1CCCCC1C(C)=O. The van der Waals surface area contributed by atoms with Crippen LogP contribution in [0, 0.1) is 11.8 Å². The summed E-state index contributed by atoms with van der Waals surface area (Å²) in [6.07, 6.45) is 3.63. The molecule has 0 radical (unpaired) electrons. The van der Waals surface area contributed by atoms with E-state index in [1.165, 1.54) is 0 Å². The monoisotopic (exact) mass is 228 g/mol. The van der Waals surface area contributed by atoms with E-state index in [2.05, 4.69) is 0 Å². The Bertz CT molecular complexity index is 249. The lowest BCUT2D eigenvalue weighted by Gasteiger charge is -2.27. The number of ketones is 1. The van der Waals surface area contributed by atoms with Crippen LogP contribution < -0.4 is 0 Å². The van der Waals surface area contributed by atoms with Crippen LogP contribution in [-0.4, -0.2) is 32.1 Å². The molecule has 1 saturated carbocycles. The Morgan fingerprint density at radius 2 is 1.75 bits per heavy atom. The van der Waals surface area contributed by atoms with E-state index in [-0.39, 0.29) is 30.2 Å². The van der Waals surface area contributed by atoms with E-state index in [1.807, 2.05) is 0 Å². The fourth-order valence-corrected chi connectivity index (χ4v) is 2.23. The van der Waals surface area contributed by atoms with Crippen LogP contribution in [0.1, 0.15) is 32.6 Å². The molecule has 2 atom stereocenters. The van der Waals surface area contributed by atoms with Gasteiger partial charge < -0.3 is 9.47 Å². The molecule has 0 bridgehead atoms. The average Bonchev–Trinajstić information content (AvgIpc) is 2.29. The zero-order valence-corrected chi connectivity index (χ0v) is 10.0. The van der Waals surface area contributed by atoms with E-state index in [0.717, 1.165) is 25.7 Å². The maximum absolute atomic E-state index is 11.8. The van der Waals surface area contributed by atoms with Crippen molar-refractivity contribution < 1.29 is 19.1 Å². The van der Waals surface area contributed by atoms with Gasteiger partial charge in [0.15, 0.2) is 0 Å². The van der Waals surface area contributed by atoms with E-state index < -0.39 is 0 Å². The molecule has 0 aromatic carbocycles. The molecule has 0 saturated heterocycles. The number of carbonyl (C=O) groups is 2. The Labute approximate surface area is 96.3 Å². The lowest BCUT2D eigenvalue weighted by atomic mass is 9.77. The zero-order valence-electron chi connectivity index (χ0n) is 10.0. The van der Waals surface area contributed by atoms with E-state index in [9.17, 15) is 9.59 Å². The fourth-order valence-electron chi connectivity index (χ4n) is 2.23. The minimum atomic E-state index is -0.239. The highest BCUT2D eigenvalue weighted by Gasteiger charge is 2.34. The summed E-state index contributed by atoms with van der Waals surface area (Å²) < 4.78 is 9.90. The van der Waals surface area contributed by atoms with Gasteiger partial charge in [0.2, 0.25) is 0 Å². The van der Waals surface area contributed by atoms with Crippen LogP contribution in [0.3, 0.4) is 0 Å². The molecule has 0 amide bonds. The summed E-state index contributed by atoms with van der Waals surface area (Å²) in [6, 6.07) is 0. The molecule has 4 heteroatoms. The van der Waals surface area contributed by atoms with Gasteiger partial charge in [-0.1, -0.05) is 12.8 Å². The van der Waals surface area contributed by atoms with Crippen LogP contribution in [0.15, 0.2) is 0 Å². The molecule has 1 aliphatic rings. The van der Waals surface area contributed by atoms with Gasteiger partial charge in [0, 0.05) is 13.0 Å². The highest BCUT2D eigenvalue weighted by molar-refractivity contribution is 5.85. The van der Waals surface area contributed by atoms with E-state index in [0.29, 0.717) is 6.61 Å². The molecule has 0 aromatic rings. The molecule has 0 spiro atoms. The smallest absolute Gasteiger partial charge is 0.309 e. The predicted molar refractivity (Wildman–Crippen MR) is 59.0 cm³/mol. The summed E-state index contributed by atoms with van der Waals surface area (Å²) in [6.45, 7) is 2.24. The Morgan fingerprint density at radius 3 is 2.31 bits per heavy atom. The zero-order chi connectivity index (χ0) is 12.0. The Kier molecular flexibility index (Phi) is 5.46. The van der Waals surface area contributed by atoms with Crippen molar-refractivity contribution in [3.05, 3.63) is 0 Å². The number of esters is 1. The number of Topliss-reactive ketones (excluding diaryl/α,β-unsaturated/α-hetero) is 1. The van der Waals surface area contributed by atoms with Crippen LogP contribution in [0.2, 0.25) is 0 Å². The number of carbonyl (C=O) groups excluding carboxylic acids is 2. The third-order valence-electron chi connectivity index (χ3n) is 3.12. The van der Waals surface area contributed by atoms with Crippen LogP contribution in [0.5, 0.6) is 0 Å². The predicted octanol–water partition coefficient (Wildman–Crippen LogP) is 1.57. The largest absolute Gasteiger partial charge is 0.463 e. The average molecular weight is 228 g/mol. The first-order valence-electron chi connectivity index (χ1n) is 5.83. The second kappa shape index (κ2) is 6.63. The third-order valence-corrected chi connectivity index (χ3v) is 3.12. The molecule has 0 N–H and O–H groups in total. The Balaban J connectivity index is 2.47. The van der Waals surface area contributed by atoms with Crippen LogP contribution in [0.4, 0.5) is 0 Å². The Morgan fingerprint density at radius 1 is 1.12 bits per heavy atom. The molecule has 0 aromatic heterocycles. The summed E-state index contributed by atoms with van der Waals surface area (Å²) in [5.74, 6) is -0.503. The van der Waals surface area contributed by atoms with Gasteiger partial charge in [-0.2, -0.15) is 0 Å². The van der Waals surface area contributed by atoms with E-state index >= 15 is 0 Å². The van der Waals surface area contributed by atoms with Crippen LogP contribution in [0.25, 0.3) is 0 Å². The molecule has 1 rings (SSSR count). The van der Waals surface area contributed by atoms with Crippen LogP contribution in [-0.2, 0) is 19.1 Å². The molecule has 1 aliphatic carbocycles. The molecule has 0 aliphatic heterocycles. The fraction of sp³-hybridized carbons (Fsp3) is 0.833.